The molecule has 1 heterocycles. The van der Waals surface area contributed by atoms with Gasteiger partial charge in [0.05, 0.1) is 16.8 Å². The third-order valence-electron chi connectivity index (χ3n) is 4.43. The van der Waals surface area contributed by atoms with E-state index < -0.39 is 0 Å². The van der Waals surface area contributed by atoms with Crippen molar-refractivity contribution in [1.82, 2.24) is 4.98 Å². The molecule has 0 aliphatic carbocycles. The molecule has 164 valence electrons. The Labute approximate surface area is 193 Å². The minimum Gasteiger partial charge on any atom is -0.493 e. The summed E-state index contributed by atoms with van der Waals surface area (Å²) in [7, 11) is 0. The summed E-state index contributed by atoms with van der Waals surface area (Å²) < 4.78 is 26.0. The highest BCUT2D eigenvalue weighted by Crippen LogP contribution is 2.31. The lowest BCUT2D eigenvalue weighted by molar-refractivity contribution is -0.118. The summed E-state index contributed by atoms with van der Waals surface area (Å²) in [4.78, 5) is 16.8. The summed E-state index contributed by atoms with van der Waals surface area (Å²) >= 11 is 3.22. The van der Waals surface area contributed by atoms with Crippen LogP contribution in [0.25, 0.3) is 10.2 Å². The number of hydrogen-bond donors (Lipinski definition) is 1. The number of nitrogens with zero attached hydrogens (tertiary/aromatic N) is 1. The number of thioether (sulfide) groups is 1. The summed E-state index contributed by atoms with van der Waals surface area (Å²) in [5.74, 6) is 1.45. The lowest BCUT2D eigenvalue weighted by Gasteiger charge is -2.07. The number of hydrogen-bond acceptors (Lipinski definition) is 6. The summed E-state index contributed by atoms with van der Waals surface area (Å²) in [6.45, 7) is 2.48. The molecule has 3 aromatic carbocycles. The molecule has 0 aliphatic heterocycles. The first-order chi connectivity index (χ1) is 15.5. The number of carbonyl (C=O) groups is 1. The van der Waals surface area contributed by atoms with Gasteiger partial charge in [0.1, 0.15) is 17.3 Å². The van der Waals surface area contributed by atoms with Crippen molar-refractivity contribution in [3.8, 4) is 11.5 Å². The van der Waals surface area contributed by atoms with Gasteiger partial charge in [0, 0.05) is 11.4 Å². The topological polar surface area (TPSA) is 60.5 Å². The fraction of sp³-hybridized carbons (Fsp3) is 0.167. The zero-order chi connectivity index (χ0) is 22.3. The number of aryl methyl sites for hydroxylation is 1. The molecule has 0 atom stereocenters. The van der Waals surface area contributed by atoms with Crippen LogP contribution in [0.4, 0.5) is 10.1 Å². The molecule has 4 aromatic rings. The van der Waals surface area contributed by atoms with Crippen molar-refractivity contribution in [1.29, 1.82) is 0 Å². The van der Waals surface area contributed by atoms with Crippen LogP contribution < -0.4 is 14.8 Å². The van der Waals surface area contributed by atoms with Gasteiger partial charge in [0.25, 0.3) is 5.91 Å². The van der Waals surface area contributed by atoms with Gasteiger partial charge in [-0.25, -0.2) is 9.37 Å². The van der Waals surface area contributed by atoms with Gasteiger partial charge < -0.3 is 14.8 Å². The number of thiazole rings is 1. The molecule has 0 bridgehead atoms. The Morgan fingerprint density at radius 2 is 1.75 bits per heavy atom. The van der Waals surface area contributed by atoms with Gasteiger partial charge in [-0.15, -0.1) is 11.3 Å². The van der Waals surface area contributed by atoms with Crippen molar-refractivity contribution >= 4 is 44.9 Å². The van der Waals surface area contributed by atoms with Crippen LogP contribution in [0.2, 0.25) is 0 Å². The predicted molar refractivity (Wildman–Crippen MR) is 128 cm³/mol. The molecule has 0 fully saturated rings. The molecule has 1 N–H and O–H groups in total. The van der Waals surface area contributed by atoms with Crippen LogP contribution in [-0.2, 0) is 4.79 Å². The molecular weight excluding hydrogens is 447 g/mol. The Morgan fingerprint density at radius 1 is 1.03 bits per heavy atom. The van der Waals surface area contributed by atoms with E-state index in [0.717, 1.165) is 26.1 Å². The van der Waals surface area contributed by atoms with Crippen LogP contribution in [0.1, 0.15) is 5.56 Å². The number of amides is 1. The fourth-order valence-electron chi connectivity index (χ4n) is 2.84. The first-order valence-corrected chi connectivity index (χ1v) is 11.8. The Hall–Kier alpha value is -3.10. The summed E-state index contributed by atoms with van der Waals surface area (Å²) in [6.07, 6.45) is 0. The monoisotopic (exact) mass is 468 g/mol. The van der Waals surface area contributed by atoms with Gasteiger partial charge in [-0.05, 0) is 61.5 Å². The lowest BCUT2D eigenvalue weighted by atomic mass is 10.2. The largest absolute Gasteiger partial charge is 0.493 e. The van der Waals surface area contributed by atoms with Gasteiger partial charge in [0.2, 0.25) is 0 Å². The number of benzene rings is 3. The maximum absolute atomic E-state index is 12.9. The van der Waals surface area contributed by atoms with Crippen molar-refractivity contribution in [3.05, 3.63) is 78.1 Å². The normalized spacial score (nSPS) is 10.8. The Balaban J connectivity index is 1.26. The Bertz CT molecular complexity index is 1190. The summed E-state index contributed by atoms with van der Waals surface area (Å²) in [5.41, 5.74) is 2.77. The van der Waals surface area contributed by atoms with E-state index in [1.807, 2.05) is 49.4 Å². The van der Waals surface area contributed by atoms with Crippen LogP contribution in [-0.4, -0.2) is 29.9 Å². The number of ether oxygens (including phenoxy) is 2. The number of aromatic nitrogens is 1. The predicted octanol–water partition coefficient (Wildman–Crippen LogP) is 5.93. The highest BCUT2D eigenvalue weighted by Gasteiger charge is 2.08. The van der Waals surface area contributed by atoms with Crippen molar-refractivity contribution in [2.75, 3.05) is 24.3 Å². The first kappa shape index (κ1) is 22.1. The number of carbonyl (C=O) groups excluding carboxylic acids is 1. The number of rotatable bonds is 9. The minimum absolute atomic E-state index is 0.158. The molecule has 0 aliphatic rings. The highest BCUT2D eigenvalue weighted by molar-refractivity contribution is 8.01. The molecule has 8 heteroatoms. The van der Waals surface area contributed by atoms with E-state index in [9.17, 15) is 9.18 Å². The summed E-state index contributed by atoms with van der Waals surface area (Å²) in [6, 6.07) is 19.1. The van der Waals surface area contributed by atoms with Gasteiger partial charge in [0.15, 0.2) is 10.9 Å². The number of anilines is 1. The van der Waals surface area contributed by atoms with E-state index in [4.69, 9.17) is 9.47 Å². The zero-order valence-corrected chi connectivity index (χ0v) is 19.0. The van der Waals surface area contributed by atoms with E-state index in [1.165, 1.54) is 29.8 Å². The molecule has 4 rings (SSSR count). The maximum atomic E-state index is 12.9. The smallest absolute Gasteiger partial charge is 0.262 e. The lowest BCUT2D eigenvalue weighted by Crippen LogP contribution is -2.20. The molecule has 0 saturated heterocycles. The molecule has 0 spiro atoms. The molecule has 0 saturated carbocycles. The second-order valence-electron chi connectivity index (χ2n) is 6.96. The van der Waals surface area contributed by atoms with Crippen LogP contribution in [0, 0.1) is 12.7 Å². The third kappa shape index (κ3) is 6.21. The molecule has 0 unspecified atom stereocenters. The van der Waals surface area contributed by atoms with Crippen LogP contribution >= 0.6 is 23.1 Å². The SMILES string of the molecule is Cc1ccc(OCCSc2nc3ccc(NC(=O)COc4ccc(F)cc4)cc3s2)cc1. The van der Waals surface area contributed by atoms with E-state index in [1.54, 1.807) is 23.1 Å². The molecular formula is C24H21FN2O3S2. The molecule has 1 amide bonds. The van der Waals surface area contributed by atoms with Crippen LogP contribution in [0.15, 0.2) is 71.1 Å². The van der Waals surface area contributed by atoms with Gasteiger partial charge in [-0.1, -0.05) is 29.5 Å². The number of nitrogens with one attached hydrogen (secondary N) is 1. The number of fused-ring (bicyclic) bond motifs is 1. The minimum atomic E-state index is -0.351. The van der Waals surface area contributed by atoms with Crippen molar-refractivity contribution in [2.24, 2.45) is 0 Å². The molecule has 5 nitrogen and oxygen atoms in total. The molecule has 0 radical (unpaired) electrons. The van der Waals surface area contributed by atoms with Crippen molar-refractivity contribution in [2.45, 2.75) is 11.3 Å². The van der Waals surface area contributed by atoms with Gasteiger partial charge >= 0.3 is 0 Å². The maximum Gasteiger partial charge on any atom is 0.262 e. The van der Waals surface area contributed by atoms with Crippen LogP contribution in [0.5, 0.6) is 11.5 Å². The fourth-order valence-corrected chi connectivity index (χ4v) is 4.84. The number of halogens is 1. The average molecular weight is 469 g/mol. The van der Waals surface area contributed by atoms with Crippen LogP contribution in [0.3, 0.4) is 0 Å². The summed E-state index contributed by atoms with van der Waals surface area (Å²) in [5, 5.41) is 2.81. The molecule has 1 aromatic heterocycles. The standard InChI is InChI=1S/C24H21FN2O3S2/c1-16-2-7-19(8-3-16)29-12-13-31-24-27-21-11-6-18(14-22(21)32-24)26-23(28)15-30-20-9-4-17(25)5-10-20/h2-11,14H,12-13,15H2,1H3,(H,26,28). The van der Waals surface area contributed by atoms with E-state index in [-0.39, 0.29) is 18.3 Å². The van der Waals surface area contributed by atoms with E-state index in [2.05, 4.69) is 10.3 Å². The van der Waals surface area contributed by atoms with Crippen molar-refractivity contribution in [3.63, 3.8) is 0 Å². The van der Waals surface area contributed by atoms with Crippen molar-refractivity contribution < 1.29 is 18.7 Å². The first-order valence-electron chi connectivity index (χ1n) is 9.96. The zero-order valence-electron chi connectivity index (χ0n) is 17.3. The van der Waals surface area contributed by atoms with E-state index in [0.29, 0.717) is 18.0 Å². The third-order valence-corrected chi connectivity index (χ3v) is 6.56. The second-order valence-corrected chi connectivity index (χ2v) is 9.34. The highest BCUT2D eigenvalue weighted by atomic mass is 32.2. The second kappa shape index (κ2) is 10.5. The molecule has 32 heavy (non-hydrogen) atoms. The van der Waals surface area contributed by atoms with Gasteiger partial charge in [-0.3, -0.25) is 4.79 Å². The quantitative estimate of drug-likeness (QED) is 0.244. The average Bonchev–Trinajstić information content (AvgIpc) is 3.20. The van der Waals surface area contributed by atoms with Gasteiger partial charge in [-0.2, -0.15) is 0 Å². The van der Waals surface area contributed by atoms with E-state index >= 15 is 0 Å². The Kier molecular flexibility index (Phi) is 7.24. The Morgan fingerprint density at radius 3 is 2.53 bits per heavy atom.